The summed E-state index contributed by atoms with van der Waals surface area (Å²) < 4.78 is 0. The highest BCUT2D eigenvalue weighted by molar-refractivity contribution is 7.98. The maximum absolute atomic E-state index is 12.6. The van der Waals surface area contributed by atoms with Crippen LogP contribution in [0.1, 0.15) is 34.2 Å². The van der Waals surface area contributed by atoms with Crippen LogP contribution in [0.5, 0.6) is 0 Å². The van der Waals surface area contributed by atoms with Crippen molar-refractivity contribution in [1.29, 1.82) is 5.26 Å². The summed E-state index contributed by atoms with van der Waals surface area (Å²) in [7, 11) is 0. The van der Waals surface area contributed by atoms with Crippen LogP contribution in [0.2, 0.25) is 0 Å². The van der Waals surface area contributed by atoms with Gasteiger partial charge in [-0.15, -0.1) is 0 Å². The average molecular weight is 350 g/mol. The summed E-state index contributed by atoms with van der Waals surface area (Å²) >= 11 is 1.73. The van der Waals surface area contributed by atoms with Crippen LogP contribution in [0, 0.1) is 11.3 Å². The Balaban J connectivity index is 1.82. The third kappa shape index (κ3) is 4.01. The van der Waals surface area contributed by atoms with Crippen molar-refractivity contribution in [3.05, 3.63) is 65.5 Å². The topological polar surface area (TPSA) is 81.6 Å². The molecule has 0 unspecified atom stereocenters. The van der Waals surface area contributed by atoms with Gasteiger partial charge in [-0.25, -0.2) is 4.98 Å². The second kappa shape index (κ2) is 7.86. The number of aromatic amines is 1. The van der Waals surface area contributed by atoms with E-state index >= 15 is 0 Å². The summed E-state index contributed by atoms with van der Waals surface area (Å²) in [6.45, 7) is 0. The fraction of sp³-hybridized carbons (Fsp3) is 0.211. The van der Waals surface area contributed by atoms with Gasteiger partial charge in [0.1, 0.15) is 5.82 Å². The second-order valence-corrected chi connectivity index (χ2v) is 6.62. The van der Waals surface area contributed by atoms with E-state index in [0.29, 0.717) is 11.1 Å². The van der Waals surface area contributed by atoms with E-state index in [1.54, 1.807) is 36.0 Å². The number of nitriles is 1. The molecule has 0 radical (unpaired) electrons. The average Bonchev–Trinajstić information content (AvgIpc) is 3.09. The molecule has 0 bridgehead atoms. The van der Waals surface area contributed by atoms with Gasteiger partial charge >= 0.3 is 0 Å². The van der Waals surface area contributed by atoms with Crippen molar-refractivity contribution in [3.8, 4) is 6.07 Å². The minimum atomic E-state index is -0.192. The first-order chi connectivity index (χ1) is 12.2. The number of H-pyrrole nitrogens is 1. The van der Waals surface area contributed by atoms with E-state index in [2.05, 4.69) is 21.4 Å². The lowest BCUT2D eigenvalue weighted by molar-refractivity contribution is 0.0934. The molecular formula is C19H18N4OS. The van der Waals surface area contributed by atoms with Crippen molar-refractivity contribution < 1.29 is 4.79 Å². The lowest BCUT2D eigenvalue weighted by Crippen LogP contribution is -2.29. The molecule has 1 heterocycles. The van der Waals surface area contributed by atoms with Crippen LogP contribution in [0.4, 0.5) is 0 Å². The van der Waals surface area contributed by atoms with E-state index in [1.807, 2.05) is 30.5 Å². The van der Waals surface area contributed by atoms with Crippen molar-refractivity contribution in [3.63, 3.8) is 0 Å². The maximum atomic E-state index is 12.6. The number of para-hydroxylation sites is 2. The van der Waals surface area contributed by atoms with Crippen molar-refractivity contribution in [1.82, 2.24) is 15.3 Å². The molecule has 0 spiro atoms. The van der Waals surface area contributed by atoms with Crippen LogP contribution in [0.25, 0.3) is 11.0 Å². The Bertz CT molecular complexity index is 878. The third-order valence-electron chi connectivity index (χ3n) is 3.93. The number of hydrogen-bond acceptors (Lipinski definition) is 4. The zero-order valence-corrected chi connectivity index (χ0v) is 14.6. The molecule has 5 nitrogen and oxygen atoms in total. The molecule has 126 valence electrons. The molecule has 0 fully saturated rings. The fourth-order valence-electron chi connectivity index (χ4n) is 2.59. The van der Waals surface area contributed by atoms with Gasteiger partial charge in [0.25, 0.3) is 5.91 Å². The van der Waals surface area contributed by atoms with Crippen molar-refractivity contribution in [2.45, 2.75) is 12.5 Å². The highest BCUT2D eigenvalue weighted by Gasteiger charge is 2.19. The molecule has 3 aromatic rings. The molecule has 0 saturated heterocycles. The van der Waals surface area contributed by atoms with E-state index < -0.39 is 0 Å². The van der Waals surface area contributed by atoms with Gasteiger partial charge in [0.15, 0.2) is 0 Å². The quantitative estimate of drug-likeness (QED) is 0.711. The van der Waals surface area contributed by atoms with E-state index in [9.17, 15) is 4.79 Å². The minimum absolute atomic E-state index is 0.170. The summed E-state index contributed by atoms with van der Waals surface area (Å²) in [6, 6.07) is 16.3. The summed E-state index contributed by atoms with van der Waals surface area (Å²) in [4.78, 5) is 20.5. The minimum Gasteiger partial charge on any atom is -0.342 e. The SMILES string of the molecule is CSCC[C@H](NC(=O)c1ccc(C#N)cc1)c1nc2ccccc2[nH]1. The molecule has 0 aliphatic rings. The van der Waals surface area contributed by atoms with E-state index in [1.165, 1.54) is 0 Å². The van der Waals surface area contributed by atoms with Crippen LogP contribution >= 0.6 is 11.8 Å². The summed E-state index contributed by atoms with van der Waals surface area (Å²) in [5.74, 6) is 1.50. The number of carbonyl (C=O) groups is 1. The van der Waals surface area contributed by atoms with Gasteiger partial charge in [0.2, 0.25) is 0 Å². The largest absolute Gasteiger partial charge is 0.342 e. The van der Waals surface area contributed by atoms with Gasteiger partial charge in [-0.2, -0.15) is 17.0 Å². The highest BCUT2D eigenvalue weighted by Crippen LogP contribution is 2.20. The molecule has 0 saturated carbocycles. The van der Waals surface area contributed by atoms with Crippen molar-refractivity contribution >= 4 is 28.7 Å². The van der Waals surface area contributed by atoms with Gasteiger partial charge in [0, 0.05) is 5.56 Å². The van der Waals surface area contributed by atoms with E-state index in [4.69, 9.17) is 5.26 Å². The number of imidazole rings is 1. The molecule has 2 aromatic carbocycles. The van der Waals surface area contributed by atoms with Crippen molar-refractivity contribution in [2.24, 2.45) is 0 Å². The Kier molecular flexibility index (Phi) is 5.36. The standard InChI is InChI=1S/C19H18N4OS/c1-25-11-10-17(18-21-15-4-2-3-5-16(15)22-18)23-19(24)14-8-6-13(12-20)7-9-14/h2-9,17H,10-11H2,1H3,(H,21,22)(H,23,24)/t17-/m0/s1. The fourth-order valence-corrected chi connectivity index (χ4v) is 3.06. The third-order valence-corrected chi connectivity index (χ3v) is 4.57. The number of fused-ring (bicyclic) bond motifs is 1. The van der Waals surface area contributed by atoms with E-state index in [-0.39, 0.29) is 11.9 Å². The molecule has 1 aromatic heterocycles. The number of rotatable bonds is 6. The van der Waals surface area contributed by atoms with E-state index in [0.717, 1.165) is 29.0 Å². The van der Waals surface area contributed by atoms with Crippen LogP contribution < -0.4 is 5.32 Å². The van der Waals surface area contributed by atoms with Crippen molar-refractivity contribution in [2.75, 3.05) is 12.0 Å². The molecule has 3 rings (SSSR count). The molecule has 1 amide bonds. The Morgan fingerprint density at radius 2 is 2.04 bits per heavy atom. The summed E-state index contributed by atoms with van der Waals surface area (Å²) in [5.41, 5.74) is 2.91. The maximum Gasteiger partial charge on any atom is 0.251 e. The van der Waals surface area contributed by atoms with Gasteiger partial charge in [-0.3, -0.25) is 4.79 Å². The smallest absolute Gasteiger partial charge is 0.251 e. The lowest BCUT2D eigenvalue weighted by atomic mass is 10.1. The number of thioether (sulfide) groups is 1. The van der Waals surface area contributed by atoms with Crippen LogP contribution in [0.15, 0.2) is 48.5 Å². The number of aromatic nitrogens is 2. The van der Waals surface area contributed by atoms with Gasteiger partial charge in [-0.05, 0) is 54.8 Å². The Hall–Kier alpha value is -2.78. The lowest BCUT2D eigenvalue weighted by Gasteiger charge is -2.16. The number of amides is 1. The monoisotopic (exact) mass is 350 g/mol. The number of hydrogen-bond donors (Lipinski definition) is 2. The molecular weight excluding hydrogens is 332 g/mol. The zero-order valence-electron chi connectivity index (χ0n) is 13.8. The first-order valence-corrected chi connectivity index (χ1v) is 9.35. The van der Waals surface area contributed by atoms with Gasteiger partial charge < -0.3 is 10.3 Å². The number of nitrogens with zero attached hydrogens (tertiary/aromatic N) is 2. The highest BCUT2D eigenvalue weighted by atomic mass is 32.2. The van der Waals surface area contributed by atoms with Crippen LogP contribution in [0.3, 0.4) is 0 Å². The molecule has 6 heteroatoms. The second-order valence-electron chi connectivity index (χ2n) is 5.64. The molecule has 25 heavy (non-hydrogen) atoms. The van der Waals surface area contributed by atoms with Gasteiger partial charge in [-0.1, -0.05) is 12.1 Å². The predicted octanol–water partition coefficient (Wildman–Crippen LogP) is 3.66. The molecule has 0 aliphatic carbocycles. The summed E-state index contributed by atoms with van der Waals surface area (Å²) in [5, 5.41) is 11.9. The first-order valence-electron chi connectivity index (χ1n) is 7.96. The molecule has 1 atom stereocenters. The zero-order chi connectivity index (χ0) is 17.6. The first kappa shape index (κ1) is 17.1. The van der Waals surface area contributed by atoms with Crippen LogP contribution in [-0.2, 0) is 0 Å². The Labute approximate surface area is 150 Å². The Morgan fingerprint density at radius 1 is 1.28 bits per heavy atom. The normalized spacial score (nSPS) is 11.8. The molecule has 2 N–H and O–H groups in total. The summed E-state index contributed by atoms with van der Waals surface area (Å²) in [6.07, 6.45) is 2.82. The number of nitrogens with one attached hydrogen (secondary N) is 2. The Morgan fingerprint density at radius 3 is 2.72 bits per heavy atom. The van der Waals surface area contributed by atoms with Gasteiger partial charge in [0.05, 0.1) is 28.7 Å². The number of benzene rings is 2. The molecule has 0 aliphatic heterocycles. The van der Waals surface area contributed by atoms with Crippen LogP contribution in [-0.4, -0.2) is 27.9 Å². The predicted molar refractivity (Wildman–Crippen MR) is 100 cm³/mol. The number of carbonyl (C=O) groups excluding carboxylic acids is 1.